The molecular formula is C19H26N4O3S. The molecule has 1 atom stereocenters. The quantitative estimate of drug-likeness (QED) is 0.697. The van der Waals surface area contributed by atoms with Crippen LogP contribution in [-0.4, -0.2) is 52.5 Å². The minimum atomic E-state index is 0.00551. The summed E-state index contributed by atoms with van der Waals surface area (Å²) in [6.07, 6.45) is 3.77. The summed E-state index contributed by atoms with van der Waals surface area (Å²) in [5.41, 5.74) is 0.996. The number of ether oxygens (including phenoxy) is 2. The maximum absolute atomic E-state index is 12.9. The number of carbonyl (C=O) groups is 1. The molecule has 1 fully saturated rings. The summed E-state index contributed by atoms with van der Waals surface area (Å²) in [4.78, 5) is 19.2. The Morgan fingerprint density at radius 1 is 1.37 bits per heavy atom. The zero-order valence-corrected chi connectivity index (χ0v) is 16.8. The lowest BCUT2D eigenvalue weighted by atomic mass is 10.0. The van der Waals surface area contributed by atoms with Gasteiger partial charge in [0.25, 0.3) is 0 Å². The van der Waals surface area contributed by atoms with Gasteiger partial charge in [0.1, 0.15) is 17.3 Å². The van der Waals surface area contributed by atoms with Gasteiger partial charge in [-0.1, -0.05) is 18.7 Å². The first-order chi connectivity index (χ1) is 13.2. The molecule has 7 nitrogen and oxygen atoms in total. The van der Waals surface area contributed by atoms with Crippen LogP contribution in [0.2, 0.25) is 0 Å². The van der Waals surface area contributed by atoms with Crippen molar-refractivity contribution in [2.75, 3.05) is 26.5 Å². The molecule has 1 aromatic carbocycles. The molecular weight excluding hydrogens is 364 g/mol. The summed E-state index contributed by atoms with van der Waals surface area (Å²) >= 11 is 1.38. The average molecular weight is 391 g/mol. The number of nitrogens with zero attached hydrogens (tertiary/aromatic N) is 3. The molecule has 2 aromatic rings. The Morgan fingerprint density at radius 3 is 2.96 bits per heavy atom. The summed E-state index contributed by atoms with van der Waals surface area (Å²) in [5.74, 6) is 2.84. The lowest BCUT2D eigenvalue weighted by Crippen LogP contribution is -2.32. The minimum absolute atomic E-state index is 0.00551. The molecule has 1 aliphatic rings. The number of aromatic amines is 1. The number of likely N-dealkylation sites (tertiary alicyclic amines) is 1. The molecule has 2 heterocycles. The molecule has 0 bridgehead atoms. The first-order valence-corrected chi connectivity index (χ1v) is 10.2. The molecule has 3 rings (SSSR count). The highest BCUT2D eigenvalue weighted by molar-refractivity contribution is 7.99. The van der Waals surface area contributed by atoms with Gasteiger partial charge in [0.15, 0.2) is 0 Å². The zero-order chi connectivity index (χ0) is 19.2. The fourth-order valence-electron chi connectivity index (χ4n) is 3.39. The highest BCUT2D eigenvalue weighted by Crippen LogP contribution is 2.39. The average Bonchev–Trinajstić information content (AvgIpc) is 3.35. The number of aryl methyl sites for hydroxylation is 1. The predicted octanol–water partition coefficient (Wildman–Crippen LogP) is 3.23. The number of aromatic nitrogens is 3. The van der Waals surface area contributed by atoms with E-state index < -0.39 is 0 Å². The monoisotopic (exact) mass is 390 g/mol. The number of H-pyrrole nitrogens is 1. The highest BCUT2D eigenvalue weighted by Gasteiger charge is 2.32. The third-order valence-corrected chi connectivity index (χ3v) is 5.52. The van der Waals surface area contributed by atoms with Crippen LogP contribution < -0.4 is 9.47 Å². The molecule has 1 aromatic heterocycles. The van der Waals surface area contributed by atoms with Crippen molar-refractivity contribution in [1.82, 2.24) is 20.1 Å². The number of hydrogen-bond donors (Lipinski definition) is 1. The van der Waals surface area contributed by atoms with Gasteiger partial charge in [-0.25, -0.2) is 4.98 Å². The molecule has 0 spiro atoms. The third-order valence-electron chi connectivity index (χ3n) is 4.69. The van der Waals surface area contributed by atoms with E-state index in [0.29, 0.717) is 10.9 Å². The van der Waals surface area contributed by atoms with E-state index in [-0.39, 0.29) is 11.9 Å². The lowest BCUT2D eigenvalue weighted by molar-refractivity contribution is -0.129. The Labute approximate surface area is 163 Å². The predicted molar refractivity (Wildman–Crippen MR) is 104 cm³/mol. The molecule has 146 valence electrons. The van der Waals surface area contributed by atoms with Gasteiger partial charge in [0.05, 0.1) is 26.0 Å². The minimum Gasteiger partial charge on any atom is -0.497 e. The van der Waals surface area contributed by atoms with Crippen molar-refractivity contribution < 1.29 is 14.3 Å². The maximum atomic E-state index is 12.9. The van der Waals surface area contributed by atoms with E-state index in [2.05, 4.69) is 22.1 Å². The van der Waals surface area contributed by atoms with Gasteiger partial charge in [0, 0.05) is 18.5 Å². The van der Waals surface area contributed by atoms with Gasteiger partial charge < -0.3 is 14.4 Å². The molecule has 0 radical (unpaired) electrons. The van der Waals surface area contributed by atoms with Crippen LogP contribution in [0.25, 0.3) is 0 Å². The van der Waals surface area contributed by atoms with Crippen LogP contribution in [0.15, 0.2) is 23.4 Å². The Morgan fingerprint density at radius 2 is 2.22 bits per heavy atom. The molecule has 1 saturated heterocycles. The molecule has 27 heavy (non-hydrogen) atoms. The first-order valence-electron chi connectivity index (χ1n) is 9.21. The van der Waals surface area contributed by atoms with E-state index in [4.69, 9.17) is 9.47 Å². The Balaban J connectivity index is 1.69. The molecule has 1 amide bonds. The topological polar surface area (TPSA) is 80.3 Å². The highest BCUT2D eigenvalue weighted by atomic mass is 32.2. The van der Waals surface area contributed by atoms with Gasteiger partial charge in [-0.15, -0.1) is 5.10 Å². The number of nitrogens with one attached hydrogen (secondary N) is 1. The SMILES string of the molecule is CCCc1nc(SCC(=O)N2CCC[C@H]2c2cc(OC)ccc2OC)n[nH]1. The van der Waals surface area contributed by atoms with Gasteiger partial charge in [-0.2, -0.15) is 0 Å². The van der Waals surface area contributed by atoms with Crippen LogP contribution >= 0.6 is 11.8 Å². The number of carbonyl (C=O) groups excluding carboxylic acids is 1. The molecule has 8 heteroatoms. The number of thioether (sulfide) groups is 1. The smallest absolute Gasteiger partial charge is 0.233 e. The standard InChI is InChI=1S/C19H26N4O3S/c1-4-6-17-20-19(22-21-17)27-12-18(24)23-10-5-7-15(23)14-11-13(25-2)8-9-16(14)26-3/h8-9,11,15H,4-7,10,12H2,1-3H3,(H,20,21,22)/t15-/m0/s1. The van der Waals surface area contributed by atoms with Gasteiger partial charge >= 0.3 is 0 Å². The van der Waals surface area contributed by atoms with Crippen LogP contribution in [-0.2, 0) is 11.2 Å². The summed E-state index contributed by atoms with van der Waals surface area (Å²) < 4.78 is 10.9. The van der Waals surface area contributed by atoms with Crippen LogP contribution in [0.4, 0.5) is 0 Å². The van der Waals surface area contributed by atoms with E-state index >= 15 is 0 Å². The molecule has 0 unspecified atom stereocenters. The number of methoxy groups -OCH3 is 2. The van der Waals surface area contributed by atoms with Crippen LogP contribution in [0.1, 0.15) is 43.6 Å². The number of benzene rings is 1. The lowest BCUT2D eigenvalue weighted by Gasteiger charge is -2.26. The summed E-state index contributed by atoms with van der Waals surface area (Å²) in [5, 5.41) is 7.73. The number of hydrogen-bond acceptors (Lipinski definition) is 6. The van der Waals surface area contributed by atoms with Crippen LogP contribution in [0, 0.1) is 0 Å². The van der Waals surface area contributed by atoms with E-state index in [1.807, 2.05) is 23.1 Å². The largest absolute Gasteiger partial charge is 0.497 e. The Kier molecular flexibility index (Phi) is 6.60. The van der Waals surface area contributed by atoms with Crippen LogP contribution in [0.3, 0.4) is 0 Å². The van der Waals surface area contributed by atoms with Crippen molar-refractivity contribution >= 4 is 17.7 Å². The summed E-state index contributed by atoms with van der Waals surface area (Å²) in [7, 11) is 3.29. The molecule has 0 aliphatic carbocycles. The normalized spacial score (nSPS) is 16.6. The second kappa shape index (κ2) is 9.12. The molecule has 0 saturated carbocycles. The second-order valence-electron chi connectivity index (χ2n) is 6.46. The fourth-order valence-corrected chi connectivity index (χ4v) is 4.09. The van der Waals surface area contributed by atoms with Crippen molar-refractivity contribution in [1.29, 1.82) is 0 Å². The van der Waals surface area contributed by atoms with Crippen molar-refractivity contribution in [3.05, 3.63) is 29.6 Å². The summed E-state index contributed by atoms with van der Waals surface area (Å²) in [6, 6.07) is 5.74. The van der Waals surface area contributed by atoms with Crippen molar-refractivity contribution in [3.8, 4) is 11.5 Å². The van der Waals surface area contributed by atoms with Crippen LogP contribution in [0.5, 0.6) is 11.5 Å². The second-order valence-corrected chi connectivity index (χ2v) is 7.40. The van der Waals surface area contributed by atoms with E-state index in [0.717, 1.165) is 55.1 Å². The fraction of sp³-hybridized carbons (Fsp3) is 0.526. The Hall–Kier alpha value is -2.22. The number of rotatable bonds is 8. The van der Waals surface area contributed by atoms with Gasteiger partial charge in [-0.3, -0.25) is 9.89 Å². The van der Waals surface area contributed by atoms with E-state index in [9.17, 15) is 4.79 Å². The van der Waals surface area contributed by atoms with Gasteiger partial charge in [0.2, 0.25) is 11.1 Å². The first kappa shape index (κ1) is 19.5. The van der Waals surface area contributed by atoms with E-state index in [1.165, 1.54) is 11.8 Å². The Bertz CT molecular complexity index is 780. The van der Waals surface area contributed by atoms with Gasteiger partial charge in [-0.05, 0) is 37.5 Å². The summed E-state index contributed by atoms with van der Waals surface area (Å²) in [6.45, 7) is 2.85. The number of amides is 1. The third kappa shape index (κ3) is 4.55. The zero-order valence-electron chi connectivity index (χ0n) is 16.0. The van der Waals surface area contributed by atoms with Crippen molar-refractivity contribution in [3.63, 3.8) is 0 Å². The molecule has 1 N–H and O–H groups in total. The van der Waals surface area contributed by atoms with Crippen molar-refractivity contribution in [2.45, 2.75) is 43.8 Å². The van der Waals surface area contributed by atoms with Crippen molar-refractivity contribution in [2.24, 2.45) is 0 Å². The molecule has 1 aliphatic heterocycles. The van der Waals surface area contributed by atoms with E-state index in [1.54, 1.807) is 14.2 Å². The maximum Gasteiger partial charge on any atom is 0.233 e.